The topological polar surface area (TPSA) is 34.2 Å². The molecule has 4 nitrogen and oxygen atoms in total. The third-order valence-corrected chi connectivity index (χ3v) is 4.23. The molecule has 0 amide bonds. The molecule has 0 N–H and O–H groups in total. The molecule has 19 heavy (non-hydrogen) atoms. The molecule has 0 spiro atoms. The van der Waals surface area contributed by atoms with Gasteiger partial charge in [0, 0.05) is 4.47 Å². The van der Waals surface area contributed by atoms with Crippen LogP contribution in [0.15, 0.2) is 33.2 Å². The molecule has 0 bridgehead atoms. The quantitative estimate of drug-likeness (QED) is 0.798. The van der Waals surface area contributed by atoms with E-state index in [4.69, 9.17) is 16.6 Å². The fourth-order valence-electron chi connectivity index (χ4n) is 2.25. The third-order valence-electron chi connectivity index (χ3n) is 3.24. The van der Waals surface area contributed by atoms with E-state index in [1.807, 2.05) is 24.3 Å². The molecule has 0 atom stereocenters. The Bertz CT molecular complexity index is 631. The van der Waals surface area contributed by atoms with Gasteiger partial charge >= 0.3 is 0 Å². The molecule has 2 heterocycles. The first-order chi connectivity index (χ1) is 9.24. The predicted molar refractivity (Wildman–Crippen MR) is 79.3 cm³/mol. The van der Waals surface area contributed by atoms with Crippen LogP contribution < -0.4 is 0 Å². The van der Waals surface area contributed by atoms with E-state index in [0.717, 1.165) is 23.1 Å². The number of likely N-dealkylation sites (tertiary alicyclic amines) is 1. The minimum absolute atomic E-state index is 0.428. The minimum Gasteiger partial charge on any atom is -0.409 e. The minimum atomic E-state index is 0.428. The molecule has 0 radical (unpaired) electrons. The summed E-state index contributed by atoms with van der Waals surface area (Å²) in [6.07, 6.45) is 2.50. The van der Waals surface area contributed by atoms with E-state index in [1.165, 1.54) is 12.8 Å². The van der Waals surface area contributed by atoms with Crippen LogP contribution in [0.4, 0.5) is 0 Å². The molecular formula is C13H14BrN3OS. The summed E-state index contributed by atoms with van der Waals surface area (Å²) in [5.41, 5.74) is 0.925. The van der Waals surface area contributed by atoms with Crippen LogP contribution >= 0.6 is 28.1 Å². The number of rotatable bonds is 3. The van der Waals surface area contributed by atoms with Crippen LogP contribution in [0.1, 0.15) is 12.8 Å². The van der Waals surface area contributed by atoms with E-state index < -0.39 is 0 Å². The van der Waals surface area contributed by atoms with Crippen molar-refractivity contribution < 1.29 is 4.42 Å². The van der Waals surface area contributed by atoms with Crippen LogP contribution in [-0.4, -0.2) is 27.8 Å². The monoisotopic (exact) mass is 339 g/mol. The predicted octanol–water partition coefficient (Wildman–Crippen LogP) is 3.69. The second kappa shape index (κ2) is 5.56. The van der Waals surface area contributed by atoms with E-state index in [2.05, 4.69) is 25.9 Å². The van der Waals surface area contributed by atoms with Gasteiger partial charge in [-0.1, -0.05) is 12.1 Å². The molecule has 3 rings (SSSR count). The van der Waals surface area contributed by atoms with Crippen LogP contribution in [0.25, 0.3) is 11.5 Å². The van der Waals surface area contributed by atoms with Gasteiger partial charge in [-0.3, -0.25) is 4.90 Å². The van der Waals surface area contributed by atoms with Crippen LogP contribution in [0.3, 0.4) is 0 Å². The van der Waals surface area contributed by atoms with Gasteiger partial charge in [0.1, 0.15) is 0 Å². The molecular weight excluding hydrogens is 326 g/mol. The fraction of sp³-hybridized carbons (Fsp3) is 0.385. The number of nitrogens with zero attached hydrogens (tertiary/aromatic N) is 3. The molecule has 1 aliphatic rings. The molecule has 1 aliphatic heterocycles. The second-order valence-electron chi connectivity index (χ2n) is 4.62. The van der Waals surface area contributed by atoms with Crippen LogP contribution in [0, 0.1) is 4.84 Å². The summed E-state index contributed by atoms with van der Waals surface area (Å²) in [4.78, 5) is 2.76. The van der Waals surface area contributed by atoms with Gasteiger partial charge in [0.25, 0.3) is 4.84 Å². The van der Waals surface area contributed by atoms with Gasteiger partial charge < -0.3 is 4.42 Å². The van der Waals surface area contributed by atoms with Gasteiger partial charge in [0.05, 0.1) is 12.2 Å². The summed E-state index contributed by atoms with van der Waals surface area (Å²) in [7, 11) is 0. The molecule has 2 aromatic rings. The Morgan fingerprint density at radius 2 is 2.00 bits per heavy atom. The smallest absolute Gasteiger partial charge is 0.288 e. The Balaban J connectivity index is 1.89. The highest BCUT2D eigenvalue weighted by molar-refractivity contribution is 9.10. The molecule has 0 saturated carbocycles. The third kappa shape index (κ3) is 2.80. The first-order valence-corrected chi connectivity index (χ1v) is 7.49. The zero-order valence-electron chi connectivity index (χ0n) is 10.4. The van der Waals surface area contributed by atoms with E-state index in [0.29, 0.717) is 17.4 Å². The van der Waals surface area contributed by atoms with Crippen LogP contribution in [0.5, 0.6) is 0 Å². The Hall–Kier alpha value is -0.980. The highest BCUT2D eigenvalue weighted by Gasteiger charge is 2.15. The van der Waals surface area contributed by atoms with Crippen molar-refractivity contribution >= 4 is 28.1 Å². The number of aromatic nitrogens is 2. The van der Waals surface area contributed by atoms with Crippen molar-refractivity contribution in [2.75, 3.05) is 13.1 Å². The molecule has 6 heteroatoms. The van der Waals surface area contributed by atoms with E-state index in [1.54, 1.807) is 4.68 Å². The molecule has 1 aromatic heterocycles. The van der Waals surface area contributed by atoms with E-state index >= 15 is 0 Å². The highest BCUT2D eigenvalue weighted by Crippen LogP contribution is 2.26. The normalized spacial score (nSPS) is 16.1. The number of hydrogen-bond acceptors (Lipinski definition) is 4. The Morgan fingerprint density at radius 3 is 2.74 bits per heavy atom. The molecule has 1 aromatic carbocycles. The Kier molecular flexibility index (Phi) is 3.81. The largest absolute Gasteiger partial charge is 0.409 e. The summed E-state index contributed by atoms with van der Waals surface area (Å²) in [5.74, 6) is 0.566. The Labute approximate surface area is 125 Å². The lowest BCUT2D eigenvalue weighted by atomic mass is 10.2. The van der Waals surface area contributed by atoms with Crippen molar-refractivity contribution in [1.29, 1.82) is 0 Å². The molecule has 1 saturated heterocycles. The lowest BCUT2D eigenvalue weighted by Gasteiger charge is -2.12. The highest BCUT2D eigenvalue weighted by atomic mass is 79.9. The molecule has 0 unspecified atom stereocenters. The van der Waals surface area contributed by atoms with E-state index in [-0.39, 0.29) is 0 Å². The summed E-state index contributed by atoms with van der Waals surface area (Å²) in [6, 6.07) is 7.85. The van der Waals surface area contributed by atoms with Crippen molar-refractivity contribution in [2.45, 2.75) is 19.5 Å². The summed E-state index contributed by atoms with van der Waals surface area (Å²) < 4.78 is 8.32. The first kappa shape index (κ1) is 13.0. The number of benzene rings is 1. The van der Waals surface area contributed by atoms with Gasteiger partial charge in [0.2, 0.25) is 5.89 Å². The maximum Gasteiger partial charge on any atom is 0.288 e. The van der Waals surface area contributed by atoms with Crippen molar-refractivity contribution in [3.8, 4) is 11.5 Å². The van der Waals surface area contributed by atoms with Gasteiger partial charge in [-0.25, -0.2) is 4.68 Å². The average Bonchev–Trinajstić information content (AvgIpc) is 3.02. The van der Waals surface area contributed by atoms with Crippen LogP contribution in [0.2, 0.25) is 0 Å². The van der Waals surface area contributed by atoms with Crippen LogP contribution in [-0.2, 0) is 6.67 Å². The van der Waals surface area contributed by atoms with E-state index in [9.17, 15) is 0 Å². The maximum absolute atomic E-state index is 5.60. The molecule has 0 aliphatic carbocycles. The fourth-order valence-corrected chi connectivity index (χ4v) is 2.88. The lowest BCUT2D eigenvalue weighted by molar-refractivity contribution is 0.249. The van der Waals surface area contributed by atoms with Gasteiger partial charge in [0.15, 0.2) is 0 Å². The van der Waals surface area contributed by atoms with Crippen molar-refractivity contribution in [3.05, 3.63) is 33.6 Å². The zero-order chi connectivity index (χ0) is 13.2. The zero-order valence-corrected chi connectivity index (χ0v) is 12.8. The summed E-state index contributed by atoms with van der Waals surface area (Å²) >= 11 is 8.74. The van der Waals surface area contributed by atoms with Crippen molar-refractivity contribution in [2.24, 2.45) is 0 Å². The SMILES string of the molecule is S=c1oc(-c2ccccc2Br)nn1CN1CCCC1. The molecule has 1 fully saturated rings. The summed E-state index contributed by atoms with van der Waals surface area (Å²) in [6.45, 7) is 2.94. The second-order valence-corrected chi connectivity index (χ2v) is 5.82. The van der Waals surface area contributed by atoms with Gasteiger partial charge in [-0.15, -0.1) is 5.10 Å². The lowest BCUT2D eigenvalue weighted by Crippen LogP contribution is -2.23. The molecule has 100 valence electrons. The summed E-state index contributed by atoms with van der Waals surface area (Å²) in [5, 5.41) is 4.48. The van der Waals surface area contributed by atoms with Crippen molar-refractivity contribution in [3.63, 3.8) is 0 Å². The van der Waals surface area contributed by atoms with Crippen molar-refractivity contribution in [1.82, 2.24) is 14.7 Å². The maximum atomic E-state index is 5.60. The van der Waals surface area contributed by atoms with Gasteiger partial charge in [-0.05, 0) is 66.2 Å². The van der Waals surface area contributed by atoms with Gasteiger partial charge in [-0.2, -0.15) is 0 Å². The Morgan fingerprint density at radius 1 is 1.26 bits per heavy atom. The average molecular weight is 340 g/mol. The first-order valence-electron chi connectivity index (χ1n) is 6.29. The number of halogens is 1. The number of hydrogen-bond donors (Lipinski definition) is 0. The standard InChI is InChI=1S/C13H14BrN3OS/c14-11-6-2-1-5-10(11)12-15-17(13(19)18-12)9-16-7-3-4-8-16/h1-2,5-6H,3-4,7-9H2.